The second-order valence-electron chi connectivity index (χ2n) is 7.08. The lowest BCUT2D eigenvalue weighted by Crippen LogP contribution is -2.40. The molecule has 0 radical (unpaired) electrons. The molecule has 0 spiro atoms. The van der Waals surface area contributed by atoms with Gasteiger partial charge in [-0.25, -0.2) is 13.1 Å². The van der Waals surface area contributed by atoms with E-state index in [1.165, 1.54) is 23.9 Å². The second kappa shape index (κ2) is 9.25. The van der Waals surface area contributed by atoms with Crippen LogP contribution in [0.2, 0.25) is 0 Å². The third-order valence-corrected chi connectivity index (χ3v) is 7.59. The molecule has 1 unspecified atom stereocenters. The van der Waals surface area contributed by atoms with Crippen LogP contribution in [0.25, 0.3) is 0 Å². The first kappa shape index (κ1) is 21.8. The predicted molar refractivity (Wildman–Crippen MR) is 114 cm³/mol. The van der Waals surface area contributed by atoms with Gasteiger partial charge in [-0.05, 0) is 57.1 Å². The van der Waals surface area contributed by atoms with Crippen molar-refractivity contribution in [2.75, 3.05) is 19.6 Å². The summed E-state index contributed by atoms with van der Waals surface area (Å²) >= 11 is 1.24. The second-order valence-corrected chi connectivity index (χ2v) is 9.96. The van der Waals surface area contributed by atoms with Crippen molar-refractivity contribution in [3.05, 3.63) is 58.1 Å². The van der Waals surface area contributed by atoms with E-state index >= 15 is 0 Å². The number of hydrogen-bond acceptors (Lipinski definition) is 6. The lowest BCUT2D eigenvalue weighted by molar-refractivity contribution is -0.388. The molecule has 0 bridgehead atoms. The molecular formula is C20H25N3O4S2. The van der Waals surface area contributed by atoms with E-state index in [1.54, 1.807) is 0 Å². The van der Waals surface area contributed by atoms with E-state index < -0.39 is 14.9 Å². The van der Waals surface area contributed by atoms with E-state index in [4.69, 9.17) is 0 Å². The zero-order valence-corrected chi connectivity index (χ0v) is 18.1. The van der Waals surface area contributed by atoms with Crippen LogP contribution in [0.1, 0.15) is 25.3 Å². The molecule has 0 aromatic heterocycles. The Morgan fingerprint density at radius 2 is 1.97 bits per heavy atom. The number of nitrogens with zero attached hydrogens (tertiary/aromatic N) is 2. The lowest BCUT2D eigenvalue weighted by Gasteiger charge is -2.22. The summed E-state index contributed by atoms with van der Waals surface area (Å²) in [5.41, 5.74) is 0.884. The Labute approximate surface area is 175 Å². The Kier molecular flexibility index (Phi) is 6.94. The highest BCUT2D eigenvalue weighted by Gasteiger charge is 2.26. The van der Waals surface area contributed by atoms with Crippen molar-refractivity contribution in [2.24, 2.45) is 0 Å². The third kappa shape index (κ3) is 5.36. The van der Waals surface area contributed by atoms with E-state index in [-0.39, 0.29) is 16.6 Å². The number of sulfonamides is 1. The minimum absolute atomic E-state index is 0.0847. The number of benzene rings is 2. The topological polar surface area (TPSA) is 92.6 Å². The van der Waals surface area contributed by atoms with Gasteiger partial charge in [-0.15, -0.1) is 0 Å². The molecule has 7 nitrogen and oxygen atoms in total. The van der Waals surface area contributed by atoms with Crippen molar-refractivity contribution in [1.82, 2.24) is 9.62 Å². The van der Waals surface area contributed by atoms with Gasteiger partial charge in [0.05, 0.1) is 14.7 Å². The Hall–Kier alpha value is -1.94. The number of nitro benzene ring substituents is 1. The Bertz CT molecular complexity index is 978. The number of nitrogens with one attached hydrogen (secondary N) is 1. The van der Waals surface area contributed by atoms with E-state index in [9.17, 15) is 18.5 Å². The normalized spacial score (nSPS) is 17.5. The minimum atomic E-state index is -3.82. The summed E-state index contributed by atoms with van der Waals surface area (Å²) in [4.78, 5) is 14.4. The standard InChI is InChI=1S/C20H25N3O4S2/c1-3-22-12-4-5-16(22)14-21-29(26,27)18-10-11-20(19(13-18)23(24)25)28-17-8-6-15(2)7-9-17/h6-11,13,16,21H,3-5,12,14H2,1-2H3. The summed E-state index contributed by atoms with van der Waals surface area (Å²) in [6, 6.07) is 11.9. The number of likely N-dealkylation sites (tertiary alicyclic amines) is 1. The van der Waals surface area contributed by atoms with Gasteiger partial charge in [0.25, 0.3) is 5.69 Å². The molecule has 1 fully saturated rings. The quantitative estimate of drug-likeness (QED) is 0.501. The molecule has 0 aliphatic carbocycles. The Morgan fingerprint density at radius 1 is 1.24 bits per heavy atom. The molecule has 1 aliphatic heterocycles. The fourth-order valence-corrected chi connectivity index (χ4v) is 5.45. The Balaban J connectivity index is 1.79. The SMILES string of the molecule is CCN1CCCC1CNS(=O)(=O)c1ccc(Sc2ccc(C)cc2)c([N+](=O)[O-])c1. The van der Waals surface area contributed by atoms with Crippen LogP contribution >= 0.6 is 11.8 Å². The molecule has 1 saturated heterocycles. The van der Waals surface area contributed by atoms with Crippen LogP contribution in [-0.4, -0.2) is 43.9 Å². The van der Waals surface area contributed by atoms with Crippen LogP contribution < -0.4 is 4.72 Å². The van der Waals surface area contributed by atoms with Crippen molar-refractivity contribution < 1.29 is 13.3 Å². The maximum absolute atomic E-state index is 12.7. The van der Waals surface area contributed by atoms with Gasteiger partial charge in [-0.3, -0.25) is 15.0 Å². The molecule has 9 heteroatoms. The number of rotatable bonds is 8. The summed E-state index contributed by atoms with van der Waals surface area (Å²) in [7, 11) is -3.82. The highest BCUT2D eigenvalue weighted by Crippen LogP contribution is 2.36. The minimum Gasteiger partial charge on any atom is -0.299 e. The van der Waals surface area contributed by atoms with Crippen molar-refractivity contribution in [3.8, 4) is 0 Å². The first-order valence-corrected chi connectivity index (χ1v) is 11.9. The molecule has 1 N–H and O–H groups in total. The van der Waals surface area contributed by atoms with Gasteiger partial charge in [0, 0.05) is 23.5 Å². The Morgan fingerprint density at radius 3 is 2.62 bits per heavy atom. The average molecular weight is 436 g/mol. The third-order valence-electron chi connectivity index (χ3n) is 5.10. The smallest absolute Gasteiger partial charge is 0.284 e. The van der Waals surface area contributed by atoms with E-state index in [0.717, 1.165) is 42.5 Å². The summed E-state index contributed by atoms with van der Waals surface area (Å²) in [6.07, 6.45) is 2.00. The number of aryl methyl sites for hydroxylation is 1. The van der Waals surface area contributed by atoms with Gasteiger partial charge < -0.3 is 0 Å². The fourth-order valence-electron chi connectivity index (χ4n) is 3.46. The zero-order valence-electron chi connectivity index (χ0n) is 16.5. The number of nitro groups is 1. The molecule has 3 rings (SSSR count). The molecule has 1 atom stereocenters. The highest BCUT2D eigenvalue weighted by molar-refractivity contribution is 7.99. The van der Waals surface area contributed by atoms with Crippen LogP contribution in [-0.2, 0) is 10.0 Å². The molecule has 2 aromatic rings. The number of likely N-dealkylation sites (N-methyl/N-ethyl adjacent to an activating group) is 1. The van der Waals surface area contributed by atoms with Gasteiger partial charge in [-0.1, -0.05) is 36.4 Å². The molecular weight excluding hydrogens is 410 g/mol. The molecule has 0 amide bonds. The van der Waals surface area contributed by atoms with Gasteiger partial charge in [0.15, 0.2) is 0 Å². The monoisotopic (exact) mass is 435 g/mol. The molecule has 29 heavy (non-hydrogen) atoms. The van der Waals surface area contributed by atoms with E-state index in [2.05, 4.69) is 16.5 Å². The van der Waals surface area contributed by atoms with Crippen LogP contribution in [0.5, 0.6) is 0 Å². The first-order valence-electron chi connectivity index (χ1n) is 9.57. The van der Waals surface area contributed by atoms with Gasteiger partial charge in [0.2, 0.25) is 10.0 Å². The van der Waals surface area contributed by atoms with Gasteiger partial charge in [0.1, 0.15) is 0 Å². The van der Waals surface area contributed by atoms with Crippen LogP contribution in [0.15, 0.2) is 57.2 Å². The lowest BCUT2D eigenvalue weighted by atomic mass is 10.2. The van der Waals surface area contributed by atoms with E-state index in [1.807, 2.05) is 31.2 Å². The largest absolute Gasteiger partial charge is 0.299 e. The van der Waals surface area contributed by atoms with Crippen molar-refractivity contribution >= 4 is 27.5 Å². The van der Waals surface area contributed by atoms with Crippen LogP contribution in [0.4, 0.5) is 5.69 Å². The summed E-state index contributed by atoms with van der Waals surface area (Å²) in [5.74, 6) is 0. The predicted octanol–water partition coefficient (Wildman–Crippen LogP) is 3.82. The summed E-state index contributed by atoms with van der Waals surface area (Å²) in [5, 5.41) is 11.6. The van der Waals surface area contributed by atoms with Crippen LogP contribution in [0.3, 0.4) is 0 Å². The molecule has 0 saturated carbocycles. The van der Waals surface area contributed by atoms with Crippen molar-refractivity contribution in [2.45, 2.75) is 47.4 Å². The molecule has 156 valence electrons. The highest BCUT2D eigenvalue weighted by atomic mass is 32.2. The fraction of sp³-hybridized carbons (Fsp3) is 0.400. The summed E-state index contributed by atoms with van der Waals surface area (Å²) in [6.45, 7) is 6.18. The zero-order chi connectivity index (χ0) is 21.0. The molecule has 1 aliphatic rings. The molecule has 2 aromatic carbocycles. The van der Waals surface area contributed by atoms with E-state index in [0.29, 0.717) is 11.4 Å². The van der Waals surface area contributed by atoms with Crippen LogP contribution in [0, 0.1) is 17.0 Å². The van der Waals surface area contributed by atoms with Gasteiger partial charge in [-0.2, -0.15) is 0 Å². The maximum atomic E-state index is 12.7. The molecule has 1 heterocycles. The van der Waals surface area contributed by atoms with Crippen molar-refractivity contribution in [3.63, 3.8) is 0 Å². The first-order chi connectivity index (χ1) is 13.8. The van der Waals surface area contributed by atoms with Gasteiger partial charge >= 0.3 is 0 Å². The number of hydrogen-bond donors (Lipinski definition) is 1. The summed E-state index contributed by atoms with van der Waals surface area (Å²) < 4.78 is 28.0. The van der Waals surface area contributed by atoms with Crippen molar-refractivity contribution in [1.29, 1.82) is 0 Å². The maximum Gasteiger partial charge on any atom is 0.284 e. The average Bonchev–Trinajstić information content (AvgIpc) is 3.16.